The standard InChI is InChI=1S/C11H18N2O2S2/c1-9(11-3-2-8-16-11)13-17(14,15)10-4-6-12-7-5-10/h2-3,8-10,12-13H,4-7H2,1H3. The highest BCUT2D eigenvalue weighted by Gasteiger charge is 2.28. The first kappa shape index (κ1) is 13.0. The number of hydrogen-bond acceptors (Lipinski definition) is 4. The summed E-state index contributed by atoms with van der Waals surface area (Å²) in [6, 6.07) is 3.77. The Hall–Kier alpha value is -0.430. The Bertz CT molecular complexity index is 436. The van der Waals surface area contributed by atoms with E-state index in [4.69, 9.17) is 0 Å². The Morgan fingerprint density at radius 2 is 2.18 bits per heavy atom. The van der Waals surface area contributed by atoms with Crippen molar-refractivity contribution >= 4 is 21.4 Å². The van der Waals surface area contributed by atoms with Crippen molar-refractivity contribution in [2.75, 3.05) is 13.1 Å². The second-order valence-electron chi connectivity index (χ2n) is 4.35. The molecule has 1 aliphatic heterocycles. The lowest BCUT2D eigenvalue weighted by molar-refractivity contribution is 0.485. The van der Waals surface area contributed by atoms with Gasteiger partial charge in [-0.15, -0.1) is 11.3 Å². The quantitative estimate of drug-likeness (QED) is 0.874. The number of piperidine rings is 1. The van der Waals surface area contributed by atoms with Gasteiger partial charge < -0.3 is 5.32 Å². The Morgan fingerprint density at radius 3 is 2.76 bits per heavy atom. The predicted molar refractivity (Wildman–Crippen MR) is 70.7 cm³/mol. The molecule has 2 heterocycles. The normalized spacial score (nSPS) is 20.3. The maximum Gasteiger partial charge on any atom is 0.215 e. The van der Waals surface area contributed by atoms with Gasteiger partial charge in [0.25, 0.3) is 0 Å². The zero-order chi connectivity index (χ0) is 12.3. The predicted octanol–water partition coefficient (Wildman–Crippen LogP) is 1.48. The SMILES string of the molecule is CC(NS(=O)(=O)C1CCNCC1)c1cccs1. The van der Waals surface area contributed by atoms with Gasteiger partial charge in [-0.2, -0.15) is 0 Å². The van der Waals surface area contributed by atoms with Crippen molar-refractivity contribution in [3.8, 4) is 0 Å². The fourth-order valence-corrected chi connectivity index (χ4v) is 4.52. The Kier molecular flexibility index (Phi) is 4.19. The van der Waals surface area contributed by atoms with Crippen molar-refractivity contribution in [1.29, 1.82) is 0 Å². The third kappa shape index (κ3) is 3.28. The fourth-order valence-electron chi connectivity index (χ4n) is 2.04. The molecule has 1 unspecified atom stereocenters. The molecule has 0 saturated carbocycles. The van der Waals surface area contributed by atoms with Crippen LogP contribution in [0, 0.1) is 0 Å². The van der Waals surface area contributed by atoms with Crippen molar-refractivity contribution in [2.24, 2.45) is 0 Å². The molecule has 1 fully saturated rings. The van der Waals surface area contributed by atoms with Crippen LogP contribution in [0.3, 0.4) is 0 Å². The average Bonchev–Trinajstić information content (AvgIpc) is 2.83. The van der Waals surface area contributed by atoms with Gasteiger partial charge >= 0.3 is 0 Å². The van der Waals surface area contributed by atoms with E-state index in [1.807, 2.05) is 24.4 Å². The molecule has 2 rings (SSSR count). The van der Waals surface area contributed by atoms with E-state index in [9.17, 15) is 8.42 Å². The molecule has 0 aliphatic carbocycles. The van der Waals surface area contributed by atoms with Crippen LogP contribution in [0.2, 0.25) is 0 Å². The first-order valence-electron chi connectivity index (χ1n) is 5.85. The fraction of sp³-hybridized carbons (Fsp3) is 0.636. The molecule has 6 heteroatoms. The molecule has 0 amide bonds. The molecule has 0 spiro atoms. The van der Waals surface area contributed by atoms with Crippen LogP contribution in [0.1, 0.15) is 30.7 Å². The summed E-state index contributed by atoms with van der Waals surface area (Å²) in [7, 11) is -3.19. The van der Waals surface area contributed by atoms with Crippen LogP contribution in [-0.2, 0) is 10.0 Å². The summed E-state index contributed by atoms with van der Waals surface area (Å²) in [6.45, 7) is 3.47. The Balaban J connectivity index is 2.01. The largest absolute Gasteiger partial charge is 0.317 e. The number of hydrogen-bond donors (Lipinski definition) is 2. The van der Waals surface area contributed by atoms with E-state index in [1.165, 1.54) is 0 Å². The van der Waals surface area contributed by atoms with Crippen molar-refractivity contribution in [1.82, 2.24) is 10.0 Å². The lowest BCUT2D eigenvalue weighted by Gasteiger charge is -2.24. The van der Waals surface area contributed by atoms with Crippen LogP contribution in [0.5, 0.6) is 0 Å². The van der Waals surface area contributed by atoms with E-state index in [-0.39, 0.29) is 11.3 Å². The van der Waals surface area contributed by atoms with Crippen LogP contribution < -0.4 is 10.0 Å². The third-order valence-electron chi connectivity index (χ3n) is 3.04. The lowest BCUT2D eigenvalue weighted by Crippen LogP contribution is -2.42. The monoisotopic (exact) mass is 274 g/mol. The van der Waals surface area contributed by atoms with Gasteiger partial charge in [0.05, 0.1) is 11.3 Å². The van der Waals surface area contributed by atoms with Crippen LogP contribution in [0.25, 0.3) is 0 Å². The Morgan fingerprint density at radius 1 is 1.47 bits per heavy atom. The summed E-state index contributed by atoms with van der Waals surface area (Å²) in [5.74, 6) is 0. The van der Waals surface area contributed by atoms with E-state index in [2.05, 4.69) is 10.0 Å². The molecule has 0 aromatic carbocycles. The molecule has 0 radical (unpaired) electrons. The van der Waals surface area contributed by atoms with Gasteiger partial charge in [-0.05, 0) is 44.3 Å². The third-order valence-corrected chi connectivity index (χ3v) is 6.12. The summed E-state index contributed by atoms with van der Waals surface area (Å²) >= 11 is 1.58. The van der Waals surface area contributed by atoms with Crippen LogP contribution in [0.4, 0.5) is 0 Å². The molecular formula is C11H18N2O2S2. The van der Waals surface area contributed by atoms with Crippen LogP contribution >= 0.6 is 11.3 Å². The van der Waals surface area contributed by atoms with E-state index < -0.39 is 10.0 Å². The minimum Gasteiger partial charge on any atom is -0.317 e. The summed E-state index contributed by atoms with van der Waals surface area (Å²) < 4.78 is 27.1. The van der Waals surface area contributed by atoms with Crippen molar-refractivity contribution in [3.05, 3.63) is 22.4 Å². The first-order chi connectivity index (χ1) is 8.09. The molecule has 1 atom stereocenters. The average molecular weight is 274 g/mol. The second kappa shape index (κ2) is 5.48. The van der Waals surface area contributed by atoms with E-state index in [0.29, 0.717) is 12.8 Å². The molecule has 1 aromatic rings. The van der Waals surface area contributed by atoms with Crippen molar-refractivity contribution < 1.29 is 8.42 Å². The molecule has 4 nitrogen and oxygen atoms in total. The molecule has 2 N–H and O–H groups in total. The first-order valence-corrected chi connectivity index (χ1v) is 8.27. The zero-order valence-corrected chi connectivity index (χ0v) is 11.5. The molecule has 0 bridgehead atoms. The van der Waals surface area contributed by atoms with Crippen molar-refractivity contribution in [3.63, 3.8) is 0 Å². The summed E-state index contributed by atoms with van der Waals surface area (Å²) in [5, 5.41) is 4.90. The molecule has 17 heavy (non-hydrogen) atoms. The summed E-state index contributed by atoms with van der Waals surface area (Å²) in [6.07, 6.45) is 1.40. The second-order valence-corrected chi connectivity index (χ2v) is 7.32. The number of thiophene rings is 1. The van der Waals surface area contributed by atoms with Gasteiger partial charge in [0.15, 0.2) is 0 Å². The topological polar surface area (TPSA) is 58.2 Å². The minimum atomic E-state index is -3.19. The molecule has 1 aliphatic rings. The zero-order valence-electron chi connectivity index (χ0n) is 9.85. The van der Waals surface area contributed by atoms with Gasteiger partial charge in [-0.25, -0.2) is 13.1 Å². The lowest BCUT2D eigenvalue weighted by atomic mass is 10.2. The van der Waals surface area contributed by atoms with E-state index in [1.54, 1.807) is 11.3 Å². The van der Waals surface area contributed by atoms with Gasteiger partial charge in [0.2, 0.25) is 10.0 Å². The highest BCUT2D eigenvalue weighted by Crippen LogP contribution is 2.21. The highest BCUT2D eigenvalue weighted by atomic mass is 32.2. The molecule has 1 saturated heterocycles. The summed E-state index contributed by atoms with van der Waals surface area (Å²) in [5.41, 5.74) is 0. The minimum absolute atomic E-state index is 0.130. The van der Waals surface area contributed by atoms with E-state index >= 15 is 0 Å². The maximum atomic E-state index is 12.2. The smallest absolute Gasteiger partial charge is 0.215 e. The van der Waals surface area contributed by atoms with Gasteiger partial charge in [-0.1, -0.05) is 6.07 Å². The van der Waals surface area contributed by atoms with Crippen LogP contribution in [0.15, 0.2) is 17.5 Å². The highest BCUT2D eigenvalue weighted by molar-refractivity contribution is 7.90. The van der Waals surface area contributed by atoms with Gasteiger partial charge in [-0.3, -0.25) is 0 Å². The molecule has 96 valence electrons. The maximum absolute atomic E-state index is 12.2. The van der Waals surface area contributed by atoms with Crippen LogP contribution in [-0.4, -0.2) is 26.8 Å². The molecule has 1 aromatic heterocycles. The molecular weight excluding hydrogens is 256 g/mol. The summed E-state index contributed by atoms with van der Waals surface area (Å²) in [4.78, 5) is 1.06. The number of rotatable bonds is 4. The van der Waals surface area contributed by atoms with Crippen molar-refractivity contribution in [2.45, 2.75) is 31.1 Å². The van der Waals surface area contributed by atoms with E-state index in [0.717, 1.165) is 18.0 Å². The number of nitrogens with one attached hydrogen (secondary N) is 2. The number of sulfonamides is 1. The van der Waals surface area contributed by atoms with Gasteiger partial charge in [0.1, 0.15) is 0 Å². The Labute approximate surface area is 106 Å². The van der Waals surface area contributed by atoms with Gasteiger partial charge in [0, 0.05) is 4.88 Å².